The van der Waals surface area contributed by atoms with Crippen molar-refractivity contribution in [1.29, 1.82) is 0 Å². The van der Waals surface area contributed by atoms with E-state index in [-0.39, 0.29) is 19.1 Å². The monoisotopic (exact) mass is 486 g/mol. The number of carboxylic acid groups (broad SMARTS) is 1. The topological polar surface area (TPSA) is 105 Å². The second-order valence-electron chi connectivity index (χ2n) is 9.08. The van der Waals surface area contributed by atoms with Crippen molar-refractivity contribution in [1.82, 2.24) is 10.6 Å². The van der Waals surface area contributed by atoms with Crippen LogP contribution in [-0.4, -0.2) is 48.7 Å². The second-order valence-corrected chi connectivity index (χ2v) is 9.08. The number of hydrogen-bond acceptors (Lipinski definition) is 4. The van der Waals surface area contributed by atoms with E-state index < -0.39 is 42.3 Å². The van der Waals surface area contributed by atoms with E-state index in [0.29, 0.717) is 12.8 Å². The molecule has 0 saturated heterocycles. The zero-order valence-electron chi connectivity index (χ0n) is 19.1. The van der Waals surface area contributed by atoms with E-state index in [4.69, 9.17) is 4.74 Å². The van der Waals surface area contributed by atoms with Crippen LogP contribution in [0.2, 0.25) is 0 Å². The fraction of sp³-hybridized carbons (Fsp3) is 0.423. The van der Waals surface area contributed by atoms with Crippen LogP contribution >= 0.6 is 0 Å². The van der Waals surface area contributed by atoms with Gasteiger partial charge in [-0.2, -0.15) is 8.78 Å². The van der Waals surface area contributed by atoms with Crippen molar-refractivity contribution < 1.29 is 33.0 Å². The third-order valence-corrected chi connectivity index (χ3v) is 6.88. The first-order chi connectivity index (χ1) is 16.8. The summed E-state index contributed by atoms with van der Waals surface area (Å²) >= 11 is 0. The van der Waals surface area contributed by atoms with Crippen molar-refractivity contribution >= 4 is 18.0 Å². The summed E-state index contributed by atoms with van der Waals surface area (Å²) in [4.78, 5) is 35.5. The summed E-state index contributed by atoms with van der Waals surface area (Å²) in [5.41, 5.74) is 4.08. The summed E-state index contributed by atoms with van der Waals surface area (Å²) in [7, 11) is 0. The first-order valence-electron chi connectivity index (χ1n) is 11.8. The summed E-state index contributed by atoms with van der Waals surface area (Å²) in [6.07, 6.45) is 1.54. The SMILES string of the molecule is O=C(NCC(F)(F)C(=O)NC[C@H]1CCCC[C@H]1C(=O)O)OCC1c2ccccc2-c2ccccc21. The minimum Gasteiger partial charge on any atom is -0.481 e. The zero-order valence-corrected chi connectivity index (χ0v) is 19.1. The fourth-order valence-corrected chi connectivity index (χ4v) is 5.04. The van der Waals surface area contributed by atoms with Crippen molar-refractivity contribution in [2.24, 2.45) is 11.8 Å². The molecule has 9 heteroatoms. The molecule has 0 radical (unpaired) electrons. The van der Waals surface area contributed by atoms with Gasteiger partial charge < -0.3 is 20.5 Å². The number of carbonyl (C=O) groups excluding carboxylic acids is 2. The number of ether oxygens (including phenoxy) is 1. The average molecular weight is 487 g/mol. The number of hydrogen-bond donors (Lipinski definition) is 3. The number of aliphatic carboxylic acids is 1. The predicted molar refractivity (Wildman–Crippen MR) is 124 cm³/mol. The van der Waals surface area contributed by atoms with Gasteiger partial charge in [-0.25, -0.2) is 4.79 Å². The number of carbonyl (C=O) groups is 3. The lowest BCUT2D eigenvalue weighted by Crippen LogP contribution is -2.50. The minimum atomic E-state index is -3.86. The number of fused-ring (bicyclic) bond motifs is 3. The normalized spacial score (nSPS) is 19.4. The van der Waals surface area contributed by atoms with Gasteiger partial charge in [0.1, 0.15) is 6.61 Å². The highest BCUT2D eigenvalue weighted by molar-refractivity contribution is 5.84. The highest BCUT2D eigenvalue weighted by atomic mass is 19.3. The Hall–Kier alpha value is -3.49. The van der Waals surface area contributed by atoms with E-state index in [9.17, 15) is 28.3 Å². The van der Waals surface area contributed by atoms with E-state index in [0.717, 1.165) is 35.1 Å². The number of carboxylic acids is 1. The summed E-state index contributed by atoms with van der Waals surface area (Å²) < 4.78 is 33.9. The zero-order chi connectivity index (χ0) is 25.0. The molecule has 186 valence electrons. The largest absolute Gasteiger partial charge is 0.481 e. The molecule has 3 N–H and O–H groups in total. The molecule has 2 aromatic carbocycles. The van der Waals surface area contributed by atoms with E-state index in [1.165, 1.54) is 0 Å². The average Bonchev–Trinajstić information content (AvgIpc) is 3.18. The van der Waals surface area contributed by atoms with Crippen LogP contribution in [0.15, 0.2) is 48.5 Å². The molecular formula is C26H28F2N2O5. The van der Waals surface area contributed by atoms with Crippen LogP contribution in [0.4, 0.5) is 13.6 Å². The fourth-order valence-electron chi connectivity index (χ4n) is 5.04. The van der Waals surface area contributed by atoms with Gasteiger partial charge >= 0.3 is 18.0 Å². The maximum atomic E-state index is 14.3. The Morgan fingerprint density at radius 2 is 1.54 bits per heavy atom. The maximum absolute atomic E-state index is 14.3. The van der Waals surface area contributed by atoms with Gasteiger partial charge in [0.25, 0.3) is 5.91 Å². The number of halogens is 2. The molecule has 2 aromatic rings. The second kappa shape index (κ2) is 10.4. The van der Waals surface area contributed by atoms with Crippen molar-refractivity contribution in [2.45, 2.75) is 37.5 Å². The number of benzene rings is 2. The number of nitrogens with one attached hydrogen (secondary N) is 2. The lowest BCUT2D eigenvalue weighted by atomic mass is 9.79. The molecule has 0 heterocycles. The number of rotatable bonds is 8. The van der Waals surface area contributed by atoms with Gasteiger partial charge in [0, 0.05) is 12.5 Å². The maximum Gasteiger partial charge on any atom is 0.407 e. The van der Waals surface area contributed by atoms with Crippen LogP contribution in [0.5, 0.6) is 0 Å². The molecule has 0 aliphatic heterocycles. The Bertz CT molecular complexity index is 1060. The molecule has 4 rings (SSSR count). The van der Waals surface area contributed by atoms with Gasteiger partial charge in [-0.3, -0.25) is 9.59 Å². The van der Waals surface area contributed by atoms with Crippen molar-refractivity contribution in [3.63, 3.8) is 0 Å². The van der Waals surface area contributed by atoms with Gasteiger partial charge in [-0.15, -0.1) is 0 Å². The Kier molecular flexibility index (Phi) is 7.33. The molecule has 0 bridgehead atoms. The van der Waals surface area contributed by atoms with Gasteiger partial charge in [0.2, 0.25) is 0 Å². The summed E-state index contributed by atoms with van der Waals surface area (Å²) in [5.74, 6) is -7.65. The molecular weight excluding hydrogens is 458 g/mol. The third kappa shape index (κ3) is 5.44. The Labute approximate surface area is 201 Å². The van der Waals surface area contributed by atoms with Crippen LogP contribution in [0, 0.1) is 11.8 Å². The minimum absolute atomic E-state index is 0.0319. The van der Waals surface area contributed by atoms with Crippen molar-refractivity contribution in [2.75, 3.05) is 19.7 Å². The quantitative estimate of drug-likeness (QED) is 0.520. The highest BCUT2D eigenvalue weighted by Gasteiger charge is 2.40. The van der Waals surface area contributed by atoms with Gasteiger partial charge in [-0.1, -0.05) is 61.4 Å². The summed E-state index contributed by atoms with van der Waals surface area (Å²) in [6.45, 7) is -1.39. The Balaban J connectivity index is 1.27. The van der Waals surface area contributed by atoms with Crippen LogP contribution in [0.1, 0.15) is 42.7 Å². The summed E-state index contributed by atoms with van der Waals surface area (Å²) in [6, 6.07) is 15.5. The molecule has 0 unspecified atom stereocenters. The molecule has 35 heavy (non-hydrogen) atoms. The van der Waals surface area contributed by atoms with E-state index in [1.54, 1.807) is 0 Å². The number of alkyl carbamates (subject to hydrolysis) is 1. The van der Waals surface area contributed by atoms with Crippen molar-refractivity contribution in [3.8, 4) is 11.1 Å². The van der Waals surface area contributed by atoms with Crippen LogP contribution < -0.4 is 10.6 Å². The van der Waals surface area contributed by atoms with Crippen LogP contribution in [-0.2, 0) is 14.3 Å². The van der Waals surface area contributed by atoms with Crippen molar-refractivity contribution in [3.05, 3.63) is 59.7 Å². The van der Waals surface area contributed by atoms with E-state index in [1.807, 2.05) is 53.8 Å². The van der Waals surface area contributed by atoms with E-state index in [2.05, 4.69) is 5.32 Å². The molecule has 2 aliphatic carbocycles. The molecule has 0 spiro atoms. The molecule has 2 atom stereocenters. The standard InChI is InChI=1S/C26H28F2N2O5/c27-26(28,24(33)29-13-16-7-1-2-8-17(16)23(31)32)15-30-25(34)35-14-22-20-11-5-3-9-18(20)19-10-4-6-12-21(19)22/h3-6,9-12,16-17,22H,1-2,7-8,13-15H2,(H,29,33)(H,30,34)(H,31,32)/t16-,17-/m1/s1. The van der Waals surface area contributed by atoms with Gasteiger partial charge in [0.05, 0.1) is 12.5 Å². The molecule has 2 amide bonds. The molecule has 0 aromatic heterocycles. The Morgan fingerprint density at radius 1 is 0.943 bits per heavy atom. The smallest absolute Gasteiger partial charge is 0.407 e. The molecule has 2 aliphatic rings. The predicted octanol–water partition coefficient (Wildman–Crippen LogP) is 4.17. The number of amides is 2. The third-order valence-electron chi connectivity index (χ3n) is 6.88. The summed E-state index contributed by atoms with van der Waals surface area (Å²) in [5, 5.41) is 13.4. The number of alkyl halides is 2. The molecule has 1 saturated carbocycles. The van der Waals surface area contributed by atoms with Gasteiger partial charge in [0.15, 0.2) is 0 Å². The van der Waals surface area contributed by atoms with Crippen LogP contribution in [0.3, 0.4) is 0 Å². The molecule has 1 fully saturated rings. The highest BCUT2D eigenvalue weighted by Crippen LogP contribution is 2.44. The lowest BCUT2D eigenvalue weighted by Gasteiger charge is -2.29. The first kappa shape index (κ1) is 24.6. The van der Waals surface area contributed by atoms with Gasteiger partial charge in [-0.05, 0) is 41.0 Å². The Morgan fingerprint density at radius 3 is 2.17 bits per heavy atom. The van der Waals surface area contributed by atoms with E-state index >= 15 is 0 Å². The van der Waals surface area contributed by atoms with Crippen LogP contribution in [0.25, 0.3) is 11.1 Å². The first-order valence-corrected chi connectivity index (χ1v) is 11.8. The molecule has 7 nitrogen and oxygen atoms in total. The lowest BCUT2D eigenvalue weighted by molar-refractivity contribution is -0.148.